The summed E-state index contributed by atoms with van der Waals surface area (Å²) in [7, 11) is -2.16. The lowest BCUT2D eigenvalue weighted by Gasteiger charge is -2.19. The molecule has 1 N–H and O–H groups in total. The molecule has 0 aliphatic rings. The Bertz CT molecular complexity index is 524. The van der Waals surface area contributed by atoms with Gasteiger partial charge in [0, 0.05) is 13.1 Å². The summed E-state index contributed by atoms with van der Waals surface area (Å²) < 4.78 is 30.6. The molecule has 7 heteroatoms. The number of rotatable bonds is 7. The van der Waals surface area contributed by atoms with E-state index < -0.39 is 16.0 Å². The Morgan fingerprint density at radius 3 is 2.32 bits per heavy atom. The highest BCUT2D eigenvalue weighted by molar-refractivity contribution is 7.89. The molecule has 0 saturated heterocycles. The molecule has 106 valence electrons. The third-order valence-corrected chi connectivity index (χ3v) is 4.61. The fourth-order valence-corrected chi connectivity index (χ4v) is 3.02. The second-order valence-corrected chi connectivity index (χ2v) is 5.75. The van der Waals surface area contributed by atoms with E-state index in [2.05, 4.69) is 0 Å². The number of ether oxygens (including phenoxy) is 1. The second-order valence-electron chi connectivity index (χ2n) is 3.82. The average molecular weight is 287 g/mol. The van der Waals surface area contributed by atoms with Gasteiger partial charge in [0.2, 0.25) is 10.0 Å². The van der Waals surface area contributed by atoms with Gasteiger partial charge < -0.3 is 9.84 Å². The Labute approximate surface area is 112 Å². The van der Waals surface area contributed by atoms with Crippen LogP contribution in [-0.2, 0) is 14.8 Å². The number of carbonyl (C=O) groups is 1. The smallest absolute Gasteiger partial charge is 0.304 e. The number of methoxy groups -OCH3 is 1. The highest BCUT2D eigenvalue weighted by Gasteiger charge is 2.23. The van der Waals surface area contributed by atoms with Gasteiger partial charge in [-0.25, -0.2) is 8.42 Å². The minimum Gasteiger partial charge on any atom is -0.497 e. The van der Waals surface area contributed by atoms with Crippen LogP contribution in [0.3, 0.4) is 0 Å². The zero-order chi connectivity index (χ0) is 14.5. The van der Waals surface area contributed by atoms with Crippen molar-refractivity contribution in [1.82, 2.24) is 4.31 Å². The zero-order valence-electron chi connectivity index (χ0n) is 10.9. The van der Waals surface area contributed by atoms with E-state index in [1.165, 1.54) is 19.2 Å². The van der Waals surface area contributed by atoms with Crippen molar-refractivity contribution in [2.75, 3.05) is 20.2 Å². The van der Waals surface area contributed by atoms with Crippen LogP contribution in [-0.4, -0.2) is 44.0 Å². The number of nitrogens with zero attached hydrogens (tertiary/aromatic N) is 1. The average Bonchev–Trinajstić information content (AvgIpc) is 2.39. The molecule has 0 aliphatic carbocycles. The van der Waals surface area contributed by atoms with E-state index in [1.807, 2.05) is 0 Å². The lowest BCUT2D eigenvalue weighted by atomic mass is 10.3. The quantitative estimate of drug-likeness (QED) is 0.814. The molecule has 0 bridgehead atoms. The maximum Gasteiger partial charge on any atom is 0.304 e. The van der Waals surface area contributed by atoms with E-state index in [0.717, 1.165) is 4.31 Å². The maximum atomic E-state index is 12.3. The highest BCUT2D eigenvalue weighted by atomic mass is 32.2. The number of carboxylic acid groups (broad SMARTS) is 1. The lowest BCUT2D eigenvalue weighted by molar-refractivity contribution is -0.137. The Hall–Kier alpha value is -1.60. The van der Waals surface area contributed by atoms with E-state index >= 15 is 0 Å². The Kier molecular flexibility index (Phi) is 5.31. The molecule has 0 fully saturated rings. The van der Waals surface area contributed by atoms with Crippen LogP contribution in [0.4, 0.5) is 0 Å². The van der Waals surface area contributed by atoms with Gasteiger partial charge in [0.1, 0.15) is 5.75 Å². The van der Waals surface area contributed by atoms with E-state index in [1.54, 1.807) is 19.1 Å². The summed E-state index contributed by atoms with van der Waals surface area (Å²) in [5.41, 5.74) is 0. The summed E-state index contributed by atoms with van der Waals surface area (Å²) in [6.07, 6.45) is -0.219. The number of hydrogen-bond donors (Lipinski definition) is 1. The first-order valence-electron chi connectivity index (χ1n) is 5.77. The SMILES string of the molecule is CCN(CCC(=O)O)S(=O)(=O)c1ccc(OC)cc1. The Morgan fingerprint density at radius 1 is 1.32 bits per heavy atom. The number of sulfonamides is 1. The molecule has 19 heavy (non-hydrogen) atoms. The third kappa shape index (κ3) is 3.93. The van der Waals surface area contributed by atoms with Crippen LogP contribution in [0.15, 0.2) is 29.2 Å². The first-order valence-corrected chi connectivity index (χ1v) is 7.21. The fourth-order valence-electron chi connectivity index (χ4n) is 1.57. The van der Waals surface area contributed by atoms with Gasteiger partial charge in [-0.1, -0.05) is 6.92 Å². The van der Waals surface area contributed by atoms with Crippen molar-refractivity contribution in [3.63, 3.8) is 0 Å². The van der Waals surface area contributed by atoms with Crippen molar-refractivity contribution in [3.8, 4) is 5.75 Å². The van der Waals surface area contributed by atoms with Crippen LogP contribution in [0.25, 0.3) is 0 Å². The van der Waals surface area contributed by atoms with Gasteiger partial charge >= 0.3 is 5.97 Å². The molecule has 0 aromatic heterocycles. The molecule has 1 rings (SSSR count). The summed E-state index contributed by atoms with van der Waals surface area (Å²) in [6, 6.07) is 5.99. The Morgan fingerprint density at radius 2 is 1.89 bits per heavy atom. The zero-order valence-corrected chi connectivity index (χ0v) is 11.7. The van der Waals surface area contributed by atoms with Gasteiger partial charge in [-0.15, -0.1) is 0 Å². The molecule has 0 atom stereocenters. The fraction of sp³-hybridized carbons (Fsp3) is 0.417. The first-order chi connectivity index (χ1) is 8.91. The van der Waals surface area contributed by atoms with Crippen LogP contribution < -0.4 is 4.74 Å². The van der Waals surface area contributed by atoms with Gasteiger partial charge in [0.05, 0.1) is 18.4 Å². The summed E-state index contributed by atoms with van der Waals surface area (Å²) in [5, 5.41) is 8.62. The molecule has 0 aliphatic heterocycles. The van der Waals surface area contributed by atoms with E-state index in [0.29, 0.717) is 5.75 Å². The first kappa shape index (κ1) is 15.5. The number of benzene rings is 1. The van der Waals surface area contributed by atoms with E-state index in [9.17, 15) is 13.2 Å². The summed E-state index contributed by atoms with van der Waals surface area (Å²) in [5.74, 6) is -0.462. The van der Waals surface area contributed by atoms with Gasteiger partial charge in [-0.2, -0.15) is 4.31 Å². The van der Waals surface area contributed by atoms with Crippen LogP contribution in [0.2, 0.25) is 0 Å². The van der Waals surface area contributed by atoms with Gasteiger partial charge in [-0.3, -0.25) is 4.79 Å². The monoisotopic (exact) mass is 287 g/mol. The molecule has 0 amide bonds. The third-order valence-electron chi connectivity index (χ3n) is 2.62. The molecule has 1 aromatic carbocycles. The highest BCUT2D eigenvalue weighted by Crippen LogP contribution is 2.19. The Balaban J connectivity index is 2.95. The van der Waals surface area contributed by atoms with Crippen molar-refractivity contribution in [3.05, 3.63) is 24.3 Å². The van der Waals surface area contributed by atoms with Crippen LogP contribution >= 0.6 is 0 Å². The van der Waals surface area contributed by atoms with Crippen molar-refractivity contribution < 1.29 is 23.1 Å². The van der Waals surface area contributed by atoms with Crippen molar-refractivity contribution in [1.29, 1.82) is 0 Å². The summed E-state index contributed by atoms with van der Waals surface area (Å²) >= 11 is 0. The molecule has 0 saturated carbocycles. The second kappa shape index (κ2) is 6.53. The van der Waals surface area contributed by atoms with Crippen LogP contribution in [0.1, 0.15) is 13.3 Å². The number of carboxylic acids is 1. The molecule has 6 nitrogen and oxygen atoms in total. The van der Waals surface area contributed by atoms with E-state index in [-0.39, 0.29) is 24.4 Å². The molecule has 0 unspecified atom stereocenters. The minimum atomic E-state index is -3.66. The number of aliphatic carboxylic acids is 1. The standard InChI is InChI=1S/C12H17NO5S/c1-3-13(9-8-12(14)15)19(16,17)11-6-4-10(18-2)5-7-11/h4-7H,3,8-9H2,1-2H3,(H,14,15). The van der Waals surface area contributed by atoms with Gasteiger partial charge in [0.25, 0.3) is 0 Å². The molecule has 0 radical (unpaired) electrons. The van der Waals surface area contributed by atoms with Gasteiger partial charge in [0.15, 0.2) is 0 Å². The summed E-state index contributed by atoms with van der Waals surface area (Å²) in [4.78, 5) is 10.7. The topological polar surface area (TPSA) is 83.9 Å². The van der Waals surface area contributed by atoms with Crippen LogP contribution in [0.5, 0.6) is 5.75 Å². The predicted octanol–water partition coefficient (Wildman–Crippen LogP) is 1.18. The molecular formula is C12H17NO5S. The predicted molar refractivity (Wildman–Crippen MR) is 69.7 cm³/mol. The summed E-state index contributed by atoms with van der Waals surface area (Å²) in [6.45, 7) is 1.85. The molecule has 0 spiro atoms. The van der Waals surface area contributed by atoms with Crippen LogP contribution in [0, 0.1) is 0 Å². The molecule has 1 aromatic rings. The number of hydrogen-bond acceptors (Lipinski definition) is 4. The van der Waals surface area contributed by atoms with Gasteiger partial charge in [-0.05, 0) is 24.3 Å². The minimum absolute atomic E-state index is 0.0415. The molecular weight excluding hydrogens is 270 g/mol. The molecule has 0 heterocycles. The van der Waals surface area contributed by atoms with E-state index in [4.69, 9.17) is 9.84 Å². The largest absolute Gasteiger partial charge is 0.497 e. The normalized spacial score (nSPS) is 11.5. The van der Waals surface area contributed by atoms with Crippen molar-refractivity contribution in [2.45, 2.75) is 18.2 Å². The lowest BCUT2D eigenvalue weighted by Crippen LogP contribution is -2.32. The van der Waals surface area contributed by atoms with Crippen molar-refractivity contribution >= 4 is 16.0 Å². The maximum absolute atomic E-state index is 12.3. The van der Waals surface area contributed by atoms with Crippen molar-refractivity contribution in [2.24, 2.45) is 0 Å².